The summed E-state index contributed by atoms with van der Waals surface area (Å²) >= 11 is 0. The van der Waals surface area contributed by atoms with Crippen molar-refractivity contribution in [2.24, 2.45) is 0 Å². The molecule has 0 unspecified atom stereocenters. The number of ether oxygens (including phenoxy) is 1. The van der Waals surface area contributed by atoms with Gasteiger partial charge in [0.1, 0.15) is 5.82 Å². The van der Waals surface area contributed by atoms with Crippen LogP contribution in [0.5, 0.6) is 5.88 Å². The molecule has 2 rings (SSSR count). The second kappa shape index (κ2) is 4.78. The van der Waals surface area contributed by atoms with Crippen molar-refractivity contribution in [1.82, 2.24) is 15.3 Å². The Balaban J connectivity index is 2.38. The lowest BCUT2D eigenvalue weighted by Gasteiger charge is -2.14. The fourth-order valence-corrected chi connectivity index (χ4v) is 1.95. The number of hydrogen-bond acceptors (Lipinski definition) is 4. The van der Waals surface area contributed by atoms with Crippen molar-refractivity contribution in [2.45, 2.75) is 39.7 Å². The number of aromatic nitrogens is 2. The van der Waals surface area contributed by atoms with Gasteiger partial charge in [-0.05, 0) is 33.7 Å². The Kier molecular flexibility index (Phi) is 3.39. The first-order valence-corrected chi connectivity index (χ1v) is 5.90. The van der Waals surface area contributed by atoms with Gasteiger partial charge in [0.05, 0.1) is 11.8 Å². The third kappa shape index (κ3) is 2.50. The lowest BCUT2D eigenvalue weighted by atomic mass is 10.1. The van der Waals surface area contributed by atoms with Crippen LogP contribution in [0.4, 0.5) is 0 Å². The SMILES string of the molecule is Cc1nc2c(c(OC(C)C)n1)CCNCC2. The van der Waals surface area contributed by atoms with Gasteiger partial charge in [0.25, 0.3) is 0 Å². The molecule has 1 aliphatic heterocycles. The molecule has 0 bridgehead atoms. The van der Waals surface area contributed by atoms with Crippen LogP contribution in [0.15, 0.2) is 0 Å². The molecule has 2 heterocycles. The molecule has 0 atom stereocenters. The average Bonchev–Trinajstić information content (AvgIpc) is 2.41. The molecular weight excluding hydrogens is 202 g/mol. The molecule has 4 heteroatoms. The van der Waals surface area contributed by atoms with E-state index in [1.165, 1.54) is 5.56 Å². The first-order chi connectivity index (χ1) is 7.66. The largest absolute Gasteiger partial charge is 0.475 e. The van der Waals surface area contributed by atoms with E-state index in [1.54, 1.807) is 0 Å². The van der Waals surface area contributed by atoms with E-state index in [9.17, 15) is 0 Å². The van der Waals surface area contributed by atoms with Gasteiger partial charge in [-0.3, -0.25) is 0 Å². The van der Waals surface area contributed by atoms with Gasteiger partial charge in [0, 0.05) is 18.5 Å². The van der Waals surface area contributed by atoms with Gasteiger partial charge in [-0.1, -0.05) is 0 Å². The summed E-state index contributed by atoms with van der Waals surface area (Å²) in [6, 6.07) is 0. The molecule has 1 aromatic heterocycles. The zero-order valence-corrected chi connectivity index (χ0v) is 10.2. The molecule has 0 radical (unpaired) electrons. The van der Waals surface area contributed by atoms with E-state index >= 15 is 0 Å². The van der Waals surface area contributed by atoms with E-state index in [-0.39, 0.29) is 6.10 Å². The zero-order valence-electron chi connectivity index (χ0n) is 10.2. The summed E-state index contributed by atoms with van der Waals surface area (Å²) in [5.41, 5.74) is 2.33. The van der Waals surface area contributed by atoms with Crippen LogP contribution in [-0.4, -0.2) is 29.2 Å². The Morgan fingerprint density at radius 2 is 1.94 bits per heavy atom. The minimum atomic E-state index is 0.162. The summed E-state index contributed by atoms with van der Waals surface area (Å²) in [7, 11) is 0. The molecule has 0 saturated heterocycles. The van der Waals surface area contributed by atoms with E-state index in [2.05, 4.69) is 15.3 Å². The fraction of sp³-hybridized carbons (Fsp3) is 0.667. The van der Waals surface area contributed by atoms with E-state index < -0.39 is 0 Å². The number of nitrogens with one attached hydrogen (secondary N) is 1. The highest BCUT2D eigenvalue weighted by atomic mass is 16.5. The number of rotatable bonds is 2. The smallest absolute Gasteiger partial charge is 0.220 e. The van der Waals surface area contributed by atoms with Crippen LogP contribution in [0, 0.1) is 6.92 Å². The molecule has 1 aromatic rings. The quantitative estimate of drug-likeness (QED) is 0.816. The number of hydrogen-bond donors (Lipinski definition) is 1. The first kappa shape index (κ1) is 11.3. The monoisotopic (exact) mass is 221 g/mol. The molecular formula is C12H19N3O. The van der Waals surface area contributed by atoms with E-state index in [1.807, 2.05) is 20.8 Å². The maximum absolute atomic E-state index is 5.77. The Morgan fingerprint density at radius 3 is 2.69 bits per heavy atom. The van der Waals surface area contributed by atoms with E-state index in [4.69, 9.17) is 4.74 Å². The summed E-state index contributed by atoms with van der Waals surface area (Å²) in [4.78, 5) is 8.92. The molecule has 1 N–H and O–H groups in total. The predicted octanol–water partition coefficient (Wildman–Crippen LogP) is 1.26. The van der Waals surface area contributed by atoms with Crippen molar-refractivity contribution in [3.05, 3.63) is 17.1 Å². The van der Waals surface area contributed by atoms with Crippen molar-refractivity contribution in [2.75, 3.05) is 13.1 Å². The number of fused-ring (bicyclic) bond motifs is 1. The summed E-state index contributed by atoms with van der Waals surface area (Å²) in [5.74, 6) is 1.58. The van der Waals surface area contributed by atoms with Gasteiger partial charge in [0.15, 0.2) is 0 Å². The van der Waals surface area contributed by atoms with Crippen LogP contribution >= 0.6 is 0 Å². The molecule has 1 aliphatic rings. The molecule has 0 fully saturated rings. The van der Waals surface area contributed by atoms with Crippen molar-refractivity contribution in [1.29, 1.82) is 0 Å². The molecule has 0 amide bonds. The minimum absolute atomic E-state index is 0.162. The molecule has 88 valence electrons. The van der Waals surface area contributed by atoms with Gasteiger partial charge in [-0.15, -0.1) is 0 Å². The van der Waals surface area contributed by atoms with Crippen LogP contribution in [0.2, 0.25) is 0 Å². The third-order valence-corrected chi connectivity index (χ3v) is 2.60. The van der Waals surface area contributed by atoms with Crippen molar-refractivity contribution in [3.63, 3.8) is 0 Å². The maximum atomic E-state index is 5.77. The Hall–Kier alpha value is -1.16. The van der Waals surface area contributed by atoms with Crippen molar-refractivity contribution < 1.29 is 4.74 Å². The van der Waals surface area contributed by atoms with Gasteiger partial charge in [-0.2, -0.15) is 4.98 Å². The zero-order chi connectivity index (χ0) is 11.5. The highest BCUT2D eigenvalue weighted by molar-refractivity contribution is 5.32. The lowest BCUT2D eigenvalue weighted by Crippen LogP contribution is -2.16. The van der Waals surface area contributed by atoms with Crippen LogP contribution in [0.3, 0.4) is 0 Å². The fourth-order valence-electron chi connectivity index (χ4n) is 1.95. The van der Waals surface area contributed by atoms with E-state index in [0.29, 0.717) is 0 Å². The van der Waals surface area contributed by atoms with Crippen LogP contribution in [-0.2, 0) is 12.8 Å². The van der Waals surface area contributed by atoms with Crippen LogP contribution in [0.1, 0.15) is 30.9 Å². The first-order valence-electron chi connectivity index (χ1n) is 5.90. The number of aryl methyl sites for hydroxylation is 1. The highest BCUT2D eigenvalue weighted by Crippen LogP contribution is 2.22. The van der Waals surface area contributed by atoms with Crippen LogP contribution in [0.25, 0.3) is 0 Å². The van der Waals surface area contributed by atoms with E-state index in [0.717, 1.165) is 43.3 Å². The lowest BCUT2D eigenvalue weighted by molar-refractivity contribution is 0.228. The van der Waals surface area contributed by atoms with Crippen molar-refractivity contribution in [3.8, 4) is 5.88 Å². The maximum Gasteiger partial charge on any atom is 0.220 e. The Bertz CT molecular complexity index is 377. The summed E-state index contributed by atoms with van der Waals surface area (Å²) < 4.78 is 5.77. The summed E-state index contributed by atoms with van der Waals surface area (Å²) in [6.07, 6.45) is 2.08. The molecule has 0 aromatic carbocycles. The normalized spacial score (nSPS) is 15.8. The summed E-state index contributed by atoms with van der Waals surface area (Å²) in [5, 5.41) is 3.37. The van der Waals surface area contributed by atoms with Crippen LogP contribution < -0.4 is 10.1 Å². The standard InChI is InChI=1S/C12H19N3O/c1-8(2)16-12-10-4-6-13-7-5-11(10)14-9(3)15-12/h8,13H,4-7H2,1-3H3. The molecule has 0 aliphatic carbocycles. The number of nitrogens with zero attached hydrogens (tertiary/aromatic N) is 2. The van der Waals surface area contributed by atoms with Gasteiger partial charge < -0.3 is 10.1 Å². The minimum Gasteiger partial charge on any atom is -0.475 e. The summed E-state index contributed by atoms with van der Waals surface area (Å²) in [6.45, 7) is 7.95. The van der Waals surface area contributed by atoms with Gasteiger partial charge in [0.2, 0.25) is 5.88 Å². The second-order valence-electron chi connectivity index (χ2n) is 4.42. The molecule has 16 heavy (non-hydrogen) atoms. The Morgan fingerprint density at radius 1 is 1.19 bits per heavy atom. The Labute approximate surface area is 96.4 Å². The van der Waals surface area contributed by atoms with Crippen molar-refractivity contribution >= 4 is 0 Å². The van der Waals surface area contributed by atoms with Gasteiger partial charge >= 0.3 is 0 Å². The molecule has 4 nitrogen and oxygen atoms in total. The second-order valence-corrected chi connectivity index (χ2v) is 4.42. The highest BCUT2D eigenvalue weighted by Gasteiger charge is 2.17. The third-order valence-electron chi connectivity index (χ3n) is 2.60. The predicted molar refractivity (Wildman–Crippen MR) is 62.8 cm³/mol. The molecule has 0 saturated carbocycles. The topological polar surface area (TPSA) is 47.0 Å². The average molecular weight is 221 g/mol. The van der Waals surface area contributed by atoms with Gasteiger partial charge in [-0.25, -0.2) is 4.98 Å². The molecule has 0 spiro atoms.